The lowest BCUT2D eigenvalue weighted by Gasteiger charge is -2.36. The van der Waals surface area contributed by atoms with Crippen molar-refractivity contribution in [2.24, 2.45) is 0 Å². The molecule has 6 nitrogen and oxygen atoms in total. The molecule has 0 aliphatic carbocycles. The predicted octanol–water partition coefficient (Wildman–Crippen LogP) is 1.70. The Bertz CT molecular complexity index is 771. The van der Waals surface area contributed by atoms with Gasteiger partial charge >= 0.3 is 11.8 Å². The number of benzene rings is 2. The molecule has 0 aromatic heterocycles. The molecule has 1 heterocycles. The van der Waals surface area contributed by atoms with Crippen LogP contribution in [0.5, 0.6) is 5.75 Å². The highest BCUT2D eigenvalue weighted by molar-refractivity contribution is 6.35. The van der Waals surface area contributed by atoms with Crippen molar-refractivity contribution in [3.8, 4) is 5.75 Å². The number of carbonyl (C=O) groups is 2. The van der Waals surface area contributed by atoms with E-state index in [2.05, 4.69) is 10.2 Å². The predicted molar refractivity (Wildman–Crippen MR) is 105 cm³/mol. The molecule has 0 radical (unpaired) electrons. The molecule has 27 heavy (non-hydrogen) atoms. The number of hydrogen-bond acceptors (Lipinski definition) is 4. The van der Waals surface area contributed by atoms with E-state index in [1.165, 1.54) is 0 Å². The van der Waals surface area contributed by atoms with Crippen LogP contribution < -0.4 is 15.0 Å². The standard InChI is InChI=1S/C21H25N3O3/c1-27-19-10-6-5-9-18(19)23-13-15-24(16-14-23)21(26)20(25)22-12-11-17-7-3-2-4-8-17/h2-10H,11-16H2,1H3,(H,22,25). The Balaban J connectivity index is 1.47. The lowest BCUT2D eigenvalue weighted by Crippen LogP contribution is -2.52. The molecule has 1 aliphatic rings. The van der Waals surface area contributed by atoms with Gasteiger partial charge in [0.15, 0.2) is 0 Å². The number of anilines is 1. The average molecular weight is 367 g/mol. The molecule has 0 unspecified atom stereocenters. The van der Waals surface area contributed by atoms with Gasteiger partial charge in [0.1, 0.15) is 5.75 Å². The van der Waals surface area contributed by atoms with Crippen molar-refractivity contribution in [1.82, 2.24) is 10.2 Å². The van der Waals surface area contributed by atoms with Gasteiger partial charge in [-0.15, -0.1) is 0 Å². The van der Waals surface area contributed by atoms with Crippen LogP contribution >= 0.6 is 0 Å². The van der Waals surface area contributed by atoms with Crippen LogP contribution in [0.1, 0.15) is 5.56 Å². The van der Waals surface area contributed by atoms with Crippen molar-refractivity contribution in [2.45, 2.75) is 6.42 Å². The third kappa shape index (κ3) is 4.78. The van der Waals surface area contributed by atoms with Gasteiger partial charge in [-0.2, -0.15) is 0 Å². The molecule has 2 aromatic rings. The maximum absolute atomic E-state index is 12.4. The number of nitrogens with zero attached hydrogens (tertiary/aromatic N) is 2. The van der Waals surface area contributed by atoms with Crippen molar-refractivity contribution in [2.75, 3.05) is 44.7 Å². The van der Waals surface area contributed by atoms with Crippen LogP contribution in [0.4, 0.5) is 5.69 Å². The Morgan fingerprint density at radius 2 is 1.63 bits per heavy atom. The molecule has 1 aliphatic heterocycles. The van der Waals surface area contributed by atoms with E-state index in [1.54, 1.807) is 12.0 Å². The minimum Gasteiger partial charge on any atom is -0.495 e. The summed E-state index contributed by atoms with van der Waals surface area (Å²) in [6.45, 7) is 2.83. The molecule has 1 saturated heterocycles. The van der Waals surface area contributed by atoms with Gasteiger partial charge in [0, 0.05) is 32.7 Å². The highest BCUT2D eigenvalue weighted by Crippen LogP contribution is 2.28. The first-order chi connectivity index (χ1) is 13.2. The van der Waals surface area contributed by atoms with E-state index in [0.29, 0.717) is 39.1 Å². The monoisotopic (exact) mass is 367 g/mol. The average Bonchev–Trinajstić information content (AvgIpc) is 2.74. The minimum atomic E-state index is -0.531. The third-order valence-electron chi connectivity index (χ3n) is 4.73. The number of amides is 2. The van der Waals surface area contributed by atoms with Crippen molar-refractivity contribution in [3.05, 3.63) is 60.2 Å². The molecule has 0 atom stereocenters. The number of ether oxygens (including phenoxy) is 1. The molecule has 0 saturated carbocycles. The number of para-hydroxylation sites is 2. The molecule has 3 rings (SSSR count). The number of carbonyl (C=O) groups excluding carboxylic acids is 2. The summed E-state index contributed by atoms with van der Waals surface area (Å²) in [7, 11) is 1.65. The van der Waals surface area contributed by atoms with Crippen LogP contribution in [0, 0.1) is 0 Å². The Morgan fingerprint density at radius 1 is 0.963 bits per heavy atom. The lowest BCUT2D eigenvalue weighted by molar-refractivity contribution is -0.146. The fraction of sp³-hybridized carbons (Fsp3) is 0.333. The van der Waals surface area contributed by atoms with Crippen molar-refractivity contribution >= 4 is 17.5 Å². The fourth-order valence-electron chi connectivity index (χ4n) is 3.23. The van der Waals surface area contributed by atoms with Gasteiger partial charge in [0.05, 0.1) is 12.8 Å². The summed E-state index contributed by atoms with van der Waals surface area (Å²) in [5.74, 6) is -0.171. The van der Waals surface area contributed by atoms with Crippen molar-refractivity contribution in [1.29, 1.82) is 0 Å². The van der Waals surface area contributed by atoms with E-state index in [1.807, 2.05) is 54.6 Å². The summed E-state index contributed by atoms with van der Waals surface area (Å²) < 4.78 is 5.41. The molecule has 2 amide bonds. The van der Waals surface area contributed by atoms with Crippen molar-refractivity contribution < 1.29 is 14.3 Å². The molecule has 142 valence electrons. The number of hydrogen-bond donors (Lipinski definition) is 1. The zero-order valence-electron chi connectivity index (χ0n) is 15.6. The topological polar surface area (TPSA) is 61.9 Å². The Hall–Kier alpha value is -3.02. The highest BCUT2D eigenvalue weighted by atomic mass is 16.5. The van der Waals surface area contributed by atoms with E-state index in [4.69, 9.17) is 4.74 Å². The summed E-state index contributed by atoms with van der Waals surface area (Å²) >= 11 is 0. The van der Waals surface area contributed by atoms with E-state index < -0.39 is 11.8 Å². The highest BCUT2D eigenvalue weighted by Gasteiger charge is 2.26. The van der Waals surface area contributed by atoms with Crippen LogP contribution in [-0.2, 0) is 16.0 Å². The van der Waals surface area contributed by atoms with E-state index in [0.717, 1.165) is 17.0 Å². The number of methoxy groups -OCH3 is 1. The first-order valence-corrected chi connectivity index (χ1v) is 9.18. The quantitative estimate of drug-likeness (QED) is 0.817. The molecule has 2 aromatic carbocycles. The second-order valence-electron chi connectivity index (χ2n) is 6.44. The zero-order chi connectivity index (χ0) is 19.1. The summed E-state index contributed by atoms with van der Waals surface area (Å²) in [6.07, 6.45) is 0.710. The van der Waals surface area contributed by atoms with Crippen LogP contribution in [0.25, 0.3) is 0 Å². The van der Waals surface area contributed by atoms with E-state index >= 15 is 0 Å². The van der Waals surface area contributed by atoms with Crippen LogP contribution in [-0.4, -0.2) is 56.5 Å². The molecule has 1 fully saturated rings. The second kappa shape index (κ2) is 9.07. The van der Waals surface area contributed by atoms with Crippen LogP contribution in [0.3, 0.4) is 0 Å². The summed E-state index contributed by atoms with van der Waals surface area (Å²) in [5, 5.41) is 2.73. The van der Waals surface area contributed by atoms with Gasteiger partial charge in [0.25, 0.3) is 0 Å². The number of nitrogens with one attached hydrogen (secondary N) is 1. The van der Waals surface area contributed by atoms with Crippen LogP contribution in [0.15, 0.2) is 54.6 Å². The van der Waals surface area contributed by atoms with E-state index in [9.17, 15) is 9.59 Å². The largest absolute Gasteiger partial charge is 0.495 e. The number of piperazine rings is 1. The molecule has 6 heteroatoms. The van der Waals surface area contributed by atoms with Crippen LogP contribution in [0.2, 0.25) is 0 Å². The smallest absolute Gasteiger partial charge is 0.312 e. The Morgan fingerprint density at radius 3 is 2.33 bits per heavy atom. The summed E-state index contributed by atoms with van der Waals surface area (Å²) in [6, 6.07) is 17.7. The van der Waals surface area contributed by atoms with Crippen molar-refractivity contribution in [3.63, 3.8) is 0 Å². The lowest BCUT2D eigenvalue weighted by atomic mass is 10.1. The van der Waals surface area contributed by atoms with E-state index in [-0.39, 0.29) is 0 Å². The SMILES string of the molecule is COc1ccccc1N1CCN(C(=O)C(=O)NCCc2ccccc2)CC1. The van der Waals surface area contributed by atoms with Gasteiger partial charge in [0.2, 0.25) is 0 Å². The maximum Gasteiger partial charge on any atom is 0.312 e. The molecular weight excluding hydrogens is 342 g/mol. The van der Waals surface area contributed by atoms with Gasteiger partial charge in [-0.3, -0.25) is 9.59 Å². The minimum absolute atomic E-state index is 0.454. The Kier molecular flexibility index (Phi) is 6.30. The van der Waals surface area contributed by atoms with Gasteiger partial charge in [-0.1, -0.05) is 42.5 Å². The molecule has 0 spiro atoms. The second-order valence-corrected chi connectivity index (χ2v) is 6.44. The van der Waals surface area contributed by atoms with Gasteiger partial charge in [-0.05, 0) is 24.1 Å². The first kappa shape index (κ1) is 18.8. The maximum atomic E-state index is 12.4. The zero-order valence-corrected chi connectivity index (χ0v) is 15.6. The summed E-state index contributed by atoms with van der Waals surface area (Å²) in [4.78, 5) is 28.3. The first-order valence-electron chi connectivity index (χ1n) is 9.18. The molecule has 0 bridgehead atoms. The third-order valence-corrected chi connectivity index (χ3v) is 4.73. The Labute approximate surface area is 159 Å². The summed E-state index contributed by atoms with van der Waals surface area (Å²) in [5.41, 5.74) is 2.15. The molecular formula is C21H25N3O3. The van der Waals surface area contributed by atoms with Gasteiger partial charge in [-0.25, -0.2) is 0 Å². The molecule has 1 N–H and O–H groups in total. The fourth-order valence-corrected chi connectivity index (χ4v) is 3.23. The van der Waals surface area contributed by atoms with Gasteiger partial charge < -0.3 is 19.9 Å². The number of rotatable bonds is 5. The normalized spacial score (nSPS) is 14.0.